The van der Waals surface area contributed by atoms with Crippen LogP contribution >= 0.6 is 27.3 Å². The van der Waals surface area contributed by atoms with Gasteiger partial charge in [0.05, 0.1) is 5.69 Å². The Kier molecular flexibility index (Phi) is 4.22. The van der Waals surface area contributed by atoms with Crippen molar-refractivity contribution in [2.45, 2.75) is 37.8 Å². The van der Waals surface area contributed by atoms with E-state index < -0.39 is 0 Å². The number of rotatable bonds is 3. The Morgan fingerprint density at radius 2 is 1.91 bits per heavy atom. The minimum Gasteiger partial charge on any atom is -0.300 e. The normalized spacial score (nSPS) is 25.9. The van der Waals surface area contributed by atoms with Crippen LogP contribution in [-0.2, 0) is 0 Å². The van der Waals surface area contributed by atoms with Gasteiger partial charge in [0.1, 0.15) is 0 Å². The fourth-order valence-corrected chi connectivity index (χ4v) is 4.43. The molecule has 1 aromatic carbocycles. The summed E-state index contributed by atoms with van der Waals surface area (Å²) in [5.74, 6) is 0. The first-order valence-electron chi connectivity index (χ1n) is 7.94. The van der Waals surface area contributed by atoms with Crippen LogP contribution in [0.15, 0.2) is 39.2 Å². The molecule has 0 unspecified atom stereocenters. The highest BCUT2D eigenvalue weighted by Crippen LogP contribution is 2.33. The number of hydrogen-bond acceptors (Lipinski definition) is 5. The molecule has 0 saturated carbocycles. The molecule has 2 bridgehead atoms. The van der Waals surface area contributed by atoms with E-state index in [1.54, 1.807) is 11.3 Å². The highest BCUT2D eigenvalue weighted by atomic mass is 79.9. The van der Waals surface area contributed by atoms with Gasteiger partial charge in [0.15, 0.2) is 0 Å². The summed E-state index contributed by atoms with van der Waals surface area (Å²) in [7, 11) is 2.25. The van der Waals surface area contributed by atoms with E-state index in [0.29, 0.717) is 12.1 Å². The molecule has 120 valence electrons. The number of halogens is 1. The molecule has 0 aliphatic carbocycles. The van der Waals surface area contributed by atoms with E-state index in [9.17, 15) is 0 Å². The second-order valence-corrected chi connectivity index (χ2v) is 8.07. The van der Waals surface area contributed by atoms with Crippen LogP contribution in [0.1, 0.15) is 25.7 Å². The van der Waals surface area contributed by atoms with E-state index in [4.69, 9.17) is 0 Å². The lowest BCUT2D eigenvalue weighted by molar-refractivity contribution is 0.231. The largest absolute Gasteiger partial charge is 0.300 e. The van der Waals surface area contributed by atoms with Gasteiger partial charge in [-0.3, -0.25) is 10.3 Å². The number of nitrogens with zero attached hydrogens (tertiary/aromatic N) is 3. The lowest BCUT2D eigenvalue weighted by Crippen LogP contribution is -2.40. The molecular weight excluding hydrogens is 372 g/mol. The van der Waals surface area contributed by atoms with E-state index in [2.05, 4.69) is 60.9 Å². The summed E-state index contributed by atoms with van der Waals surface area (Å²) in [5.41, 5.74) is 6.58. The summed E-state index contributed by atoms with van der Waals surface area (Å²) < 4.78 is 1.08. The molecule has 2 aliphatic heterocycles. The number of piperidine rings is 1. The third-order valence-electron chi connectivity index (χ3n) is 4.88. The fourth-order valence-electron chi connectivity index (χ4n) is 3.51. The highest BCUT2D eigenvalue weighted by molar-refractivity contribution is 9.10. The molecule has 6 heteroatoms. The first-order chi connectivity index (χ1) is 11.2. The maximum atomic E-state index is 4.64. The quantitative estimate of drug-likeness (QED) is 0.778. The third-order valence-corrected chi connectivity index (χ3v) is 6.16. The van der Waals surface area contributed by atoms with Crippen LogP contribution in [0.25, 0.3) is 11.3 Å². The monoisotopic (exact) mass is 390 g/mol. The Hall–Kier alpha value is -1.24. The molecule has 23 heavy (non-hydrogen) atoms. The van der Waals surface area contributed by atoms with E-state index in [1.807, 2.05) is 12.1 Å². The molecule has 2 fully saturated rings. The zero-order chi connectivity index (χ0) is 15.8. The molecule has 3 heterocycles. The van der Waals surface area contributed by atoms with Crippen LogP contribution in [0.4, 0.5) is 5.13 Å². The van der Waals surface area contributed by atoms with Crippen LogP contribution in [0.3, 0.4) is 0 Å². The number of hydrazone groups is 1. The summed E-state index contributed by atoms with van der Waals surface area (Å²) >= 11 is 5.06. The van der Waals surface area contributed by atoms with Gasteiger partial charge in [0.25, 0.3) is 0 Å². The summed E-state index contributed by atoms with van der Waals surface area (Å²) in [6.07, 6.45) is 4.80. The maximum Gasteiger partial charge on any atom is 0.203 e. The summed E-state index contributed by atoms with van der Waals surface area (Å²) in [6, 6.07) is 9.59. The third kappa shape index (κ3) is 3.20. The van der Waals surface area contributed by atoms with Crippen LogP contribution in [0.5, 0.6) is 0 Å². The van der Waals surface area contributed by atoms with Crippen molar-refractivity contribution in [3.05, 3.63) is 34.1 Å². The van der Waals surface area contributed by atoms with Crippen LogP contribution < -0.4 is 5.43 Å². The topological polar surface area (TPSA) is 40.5 Å². The SMILES string of the molecule is CN1[C@@H]2CC[C@H]1CC(=NNc1nc(-c3ccc(Br)cc3)cs1)C2. The number of benzene rings is 1. The number of aromatic nitrogens is 1. The predicted molar refractivity (Wildman–Crippen MR) is 100 cm³/mol. The van der Waals surface area contributed by atoms with Gasteiger partial charge in [0, 0.05) is 46.1 Å². The Balaban J connectivity index is 1.44. The first kappa shape index (κ1) is 15.3. The van der Waals surface area contributed by atoms with E-state index in [0.717, 1.165) is 33.7 Å². The number of fused-ring (bicyclic) bond motifs is 2. The summed E-state index contributed by atoms with van der Waals surface area (Å²) in [4.78, 5) is 7.16. The van der Waals surface area contributed by atoms with Crippen LogP contribution in [-0.4, -0.2) is 34.7 Å². The molecule has 1 aromatic heterocycles. The Bertz CT molecular complexity index is 708. The Labute approximate surface area is 148 Å². The zero-order valence-corrected chi connectivity index (χ0v) is 15.4. The zero-order valence-electron chi connectivity index (χ0n) is 13.0. The van der Waals surface area contributed by atoms with Gasteiger partial charge in [-0.25, -0.2) is 4.98 Å². The van der Waals surface area contributed by atoms with Gasteiger partial charge in [-0.15, -0.1) is 11.3 Å². The van der Waals surface area contributed by atoms with Gasteiger partial charge in [-0.1, -0.05) is 28.1 Å². The van der Waals surface area contributed by atoms with Crippen LogP contribution in [0, 0.1) is 0 Å². The minimum atomic E-state index is 0.684. The molecule has 0 radical (unpaired) electrons. The molecule has 0 amide bonds. The van der Waals surface area contributed by atoms with Crippen molar-refractivity contribution >= 4 is 38.1 Å². The van der Waals surface area contributed by atoms with Gasteiger partial charge >= 0.3 is 0 Å². The predicted octanol–water partition coefficient (Wildman–Crippen LogP) is 4.60. The number of hydrogen-bond donors (Lipinski definition) is 1. The number of nitrogens with one attached hydrogen (secondary N) is 1. The molecule has 2 atom stereocenters. The molecule has 4 rings (SSSR count). The average molecular weight is 391 g/mol. The minimum absolute atomic E-state index is 0.684. The fraction of sp³-hybridized carbons (Fsp3) is 0.412. The molecule has 1 N–H and O–H groups in total. The molecule has 0 spiro atoms. The average Bonchev–Trinajstić information content (AvgIpc) is 3.08. The van der Waals surface area contributed by atoms with Gasteiger partial charge in [-0.05, 0) is 32.0 Å². The molecule has 2 aliphatic rings. The Morgan fingerprint density at radius 3 is 2.61 bits per heavy atom. The smallest absolute Gasteiger partial charge is 0.203 e. The molecule has 2 aromatic rings. The van der Waals surface area contributed by atoms with Crippen molar-refractivity contribution in [1.29, 1.82) is 0 Å². The van der Waals surface area contributed by atoms with Gasteiger partial charge < -0.3 is 0 Å². The summed E-state index contributed by atoms with van der Waals surface area (Å²) in [5, 5.41) is 7.57. The van der Waals surface area contributed by atoms with Gasteiger partial charge in [-0.2, -0.15) is 5.10 Å². The highest BCUT2D eigenvalue weighted by Gasteiger charge is 2.36. The van der Waals surface area contributed by atoms with E-state index in [-0.39, 0.29) is 0 Å². The molecule has 4 nitrogen and oxygen atoms in total. The van der Waals surface area contributed by atoms with Crippen molar-refractivity contribution in [3.8, 4) is 11.3 Å². The molecular formula is C17H19BrN4S. The standard InChI is InChI=1S/C17H19BrN4S/c1-22-14-6-7-15(22)9-13(8-14)20-21-17-19-16(10-23-17)11-2-4-12(18)5-3-11/h2-5,10,14-15H,6-9H2,1H3,(H,19,21)/t14-,15+. The molecule has 2 saturated heterocycles. The van der Waals surface area contributed by atoms with Crippen molar-refractivity contribution in [1.82, 2.24) is 9.88 Å². The lowest BCUT2D eigenvalue weighted by atomic mass is 10.0. The lowest BCUT2D eigenvalue weighted by Gasteiger charge is -2.31. The van der Waals surface area contributed by atoms with Crippen molar-refractivity contribution in [2.24, 2.45) is 5.10 Å². The van der Waals surface area contributed by atoms with Crippen molar-refractivity contribution < 1.29 is 0 Å². The number of thiazole rings is 1. The van der Waals surface area contributed by atoms with E-state index in [1.165, 1.54) is 18.6 Å². The Morgan fingerprint density at radius 1 is 1.22 bits per heavy atom. The van der Waals surface area contributed by atoms with Gasteiger partial charge in [0.2, 0.25) is 5.13 Å². The van der Waals surface area contributed by atoms with E-state index >= 15 is 0 Å². The second-order valence-electron chi connectivity index (χ2n) is 6.29. The first-order valence-corrected chi connectivity index (χ1v) is 9.61. The van der Waals surface area contributed by atoms with Crippen LogP contribution in [0.2, 0.25) is 0 Å². The maximum absolute atomic E-state index is 4.64. The number of anilines is 1. The summed E-state index contributed by atoms with van der Waals surface area (Å²) in [6.45, 7) is 0. The second kappa shape index (κ2) is 6.34. The van der Waals surface area contributed by atoms with Crippen molar-refractivity contribution in [2.75, 3.05) is 12.5 Å². The van der Waals surface area contributed by atoms with Crippen molar-refractivity contribution in [3.63, 3.8) is 0 Å².